The third-order valence-electron chi connectivity index (χ3n) is 3.92. The summed E-state index contributed by atoms with van der Waals surface area (Å²) in [6.45, 7) is 3.66. The summed E-state index contributed by atoms with van der Waals surface area (Å²) in [7, 11) is 0. The first-order valence-electron chi connectivity index (χ1n) is 9.40. The zero-order chi connectivity index (χ0) is 22.2. The Hall–Kier alpha value is -3.40. The second-order valence-electron chi connectivity index (χ2n) is 6.22. The molecule has 0 fully saturated rings. The highest BCUT2D eigenvalue weighted by atomic mass is 32.2. The SMILES string of the molecule is CCOC(=O)c1ccccc1NC(=O)CSc1nnc([C@H](C)Oc2ccc(F)cc2)o1. The van der Waals surface area contributed by atoms with E-state index in [0.29, 0.717) is 11.4 Å². The van der Waals surface area contributed by atoms with Gasteiger partial charge in [-0.05, 0) is 50.2 Å². The van der Waals surface area contributed by atoms with E-state index in [4.69, 9.17) is 13.9 Å². The van der Waals surface area contributed by atoms with E-state index in [1.54, 1.807) is 38.1 Å². The highest BCUT2D eigenvalue weighted by Crippen LogP contribution is 2.24. The molecule has 0 spiro atoms. The Bertz CT molecular complexity index is 1040. The van der Waals surface area contributed by atoms with Crippen LogP contribution in [0.2, 0.25) is 0 Å². The van der Waals surface area contributed by atoms with Crippen LogP contribution < -0.4 is 10.1 Å². The van der Waals surface area contributed by atoms with Crippen molar-refractivity contribution < 1.29 is 27.9 Å². The lowest BCUT2D eigenvalue weighted by Crippen LogP contribution is -2.17. The number of para-hydroxylation sites is 1. The van der Waals surface area contributed by atoms with E-state index < -0.39 is 12.1 Å². The molecule has 0 unspecified atom stereocenters. The number of amides is 1. The maximum absolute atomic E-state index is 13.0. The topological polar surface area (TPSA) is 104 Å². The fourth-order valence-electron chi connectivity index (χ4n) is 2.50. The minimum Gasteiger partial charge on any atom is -0.481 e. The molecule has 10 heteroatoms. The highest BCUT2D eigenvalue weighted by Gasteiger charge is 2.18. The lowest BCUT2D eigenvalue weighted by atomic mass is 10.2. The number of nitrogens with one attached hydrogen (secondary N) is 1. The molecular formula is C21H20FN3O5S. The monoisotopic (exact) mass is 445 g/mol. The van der Waals surface area contributed by atoms with Crippen molar-refractivity contribution in [2.24, 2.45) is 0 Å². The number of benzene rings is 2. The number of nitrogens with zero attached hydrogens (tertiary/aromatic N) is 2. The van der Waals surface area contributed by atoms with Gasteiger partial charge < -0.3 is 19.2 Å². The number of aromatic nitrogens is 2. The van der Waals surface area contributed by atoms with Crippen LogP contribution in [0.3, 0.4) is 0 Å². The number of esters is 1. The van der Waals surface area contributed by atoms with Crippen LogP contribution in [0.25, 0.3) is 0 Å². The van der Waals surface area contributed by atoms with Crippen LogP contribution in [0, 0.1) is 5.82 Å². The van der Waals surface area contributed by atoms with Crippen molar-refractivity contribution in [3.05, 3.63) is 65.8 Å². The Kier molecular flexibility index (Phi) is 7.60. The number of carbonyl (C=O) groups excluding carboxylic acids is 2. The molecule has 0 radical (unpaired) electrons. The van der Waals surface area contributed by atoms with Crippen LogP contribution in [-0.4, -0.2) is 34.4 Å². The molecule has 162 valence electrons. The van der Waals surface area contributed by atoms with Gasteiger partial charge in [0.15, 0.2) is 6.10 Å². The molecule has 1 N–H and O–H groups in total. The Balaban J connectivity index is 1.54. The Morgan fingerprint density at radius 3 is 2.65 bits per heavy atom. The summed E-state index contributed by atoms with van der Waals surface area (Å²) in [6.07, 6.45) is -0.558. The number of hydrogen-bond donors (Lipinski definition) is 1. The molecule has 3 aromatic rings. The van der Waals surface area contributed by atoms with Gasteiger partial charge >= 0.3 is 5.97 Å². The van der Waals surface area contributed by atoms with Crippen molar-refractivity contribution >= 4 is 29.3 Å². The van der Waals surface area contributed by atoms with Gasteiger partial charge in [-0.1, -0.05) is 23.9 Å². The predicted octanol–water partition coefficient (Wildman–Crippen LogP) is 4.26. The summed E-state index contributed by atoms with van der Waals surface area (Å²) in [6, 6.07) is 12.2. The molecule has 0 aliphatic rings. The number of ether oxygens (including phenoxy) is 2. The number of hydrogen-bond acceptors (Lipinski definition) is 8. The summed E-state index contributed by atoms with van der Waals surface area (Å²) in [5, 5.41) is 10.7. The number of thioether (sulfide) groups is 1. The zero-order valence-electron chi connectivity index (χ0n) is 16.8. The fraction of sp³-hybridized carbons (Fsp3) is 0.238. The van der Waals surface area contributed by atoms with Gasteiger partial charge in [0.2, 0.25) is 5.91 Å². The van der Waals surface area contributed by atoms with Crippen LogP contribution in [0.4, 0.5) is 10.1 Å². The Morgan fingerprint density at radius 1 is 1.16 bits per heavy atom. The Morgan fingerprint density at radius 2 is 1.90 bits per heavy atom. The highest BCUT2D eigenvalue weighted by molar-refractivity contribution is 7.99. The minimum atomic E-state index is -0.558. The molecule has 0 aliphatic carbocycles. The normalized spacial score (nSPS) is 11.6. The van der Waals surface area contributed by atoms with E-state index in [9.17, 15) is 14.0 Å². The van der Waals surface area contributed by atoms with Gasteiger partial charge in [0.05, 0.1) is 23.6 Å². The molecule has 1 heterocycles. The van der Waals surface area contributed by atoms with Crippen LogP contribution in [0.15, 0.2) is 58.2 Å². The largest absolute Gasteiger partial charge is 0.481 e. The second kappa shape index (κ2) is 10.6. The zero-order valence-corrected chi connectivity index (χ0v) is 17.6. The van der Waals surface area contributed by atoms with Crippen LogP contribution in [-0.2, 0) is 9.53 Å². The summed E-state index contributed by atoms with van der Waals surface area (Å²) in [4.78, 5) is 24.3. The lowest BCUT2D eigenvalue weighted by molar-refractivity contribution is -0.113. The molecule has 1 atom stereocenters. The maximum atomic E-state index is 13.0. The first-order chi connectivity index (χ1) is 15.0. The van der Waals surface area contributed by atoms with Crippen LogP contribution in [0.5, 0.6) is 5.75 Å². The second-order valence-corrected chi connectivity index (χ2v) is 7.15. The average Bonchev–Trinajstić information content (AvgIpc) is 3.24. The Labute approximate surface area is 182 Å². The molecule has 8 nitrogen and oxygen atoms in total. The molecule has 2 aromatic carbocycles. The van der Waals surface area contributed by atoms with Crippen molar-refractivity contribution in [2.75, 3.05) is 17.7 Å². The van der Waals surface area contributed by atoms with Gasteiger partial charge in [-0.25, -0.2) is 9.18 Å². The first-order valence-corrected chi connectivity index (χ1v) is 10.4. The standard InChI is InChI=1S/C21H20FN3O5S/c1-3-28-20(27)16-6-4-5-7-17(16)23-18(26)12-31-21-25-24-19(30-21)13(2)29-15-10-8-14(22)9-11-15/h4-11,13H,3,12H2,1-2H3,(H,23,26)/t13-/m0/s1. The van der Waals surface area contributed by atoms with Crippen molar-refractivity contribution in [3.63, 3.8) is 0 Å². The quantitative estimate of drug-likeness (QED) is 0.385. The van der Waals surface area contributed by atoms with Crippen LogP contribution in [0.1, 0.15) is 36.2 Å². The number of halogens is 1. The molecule has 1 amide bonds. The molecule has 31 heavy (non-hydrogen) atoms. The first kappa shape index (κ1) is 22.3. The smallest absolute Gasteiger partial charge is 0.340 e. The number of rotatable bonds is 9. The molecule has 0 bridgehead atoms. The number of anilines is 1. The van der Waals surface area contributed by atoms with Crippen molar-refractivity contribution in [1.82, 2.24) is 10.2 Å². The number of carbonyl (C=O) groups is 2. The molecule has 0 saturated heterocycles. The molecular weight excluding hydrogens is 425 g/mol. The molecule has 0 saturated carbocycles. The maximum Gasteiger partial charge on any atom is 0.340 e. The van der Waals surface area contributed by atoms with E-state index in [1.165, 1.54) is 24.3 Å². The van der Waals surface area contributed by atoms with Crippen molar-refractivity contribution in [2.45, 2.75) is 25.2 Å². The van der Waals surface area contributed by atoms with Crippen molar-refractivity contribution in [3.8, 4) is 5.75 Å². The summed E-state index contributed by atoms with van der Waals surface area (Å²) in [5.74, 6) is -0.549. The van der Waals surface area contributed by atoms with E-state index in [0.717, 1.165) is 11.8 Å². The molecule has 0 aliphatic heterocycles. The van der Waals surface area contributed by atoms with E-state index in [-0.39, 0.29) is 40.8 Å². The summed E-state index contributed by atoms with van der Waals surface area (Å²) < 4.78 is 29.1. The van der Waals surface area contributed by atoms with E-state index in [2.05, 4.69) is 15.5 Å². The summed E-state index contributed by atoms with van der Waals surface area (Å²) in [5.41, 5.74) is 0.633. The average molecular weight is 445 g/mol. The third-order valence-corrected chi connectivity index (χ3v) is 4.74. The van der Waals surface area contributed by atoms with Crippen LogP contribution >= 0.6 is 11.8 Å². The third kappa shape index (κ3) is 6.29. The molecule has 1 aromatic heterocycles. The molecule has 3 rings (SSSR count). The van der Waals surface area contributed by atoms with Gasteiger partial charge in [0.25, 0.3) is 11.1 Å². The van der Waals surface area contributed by atoms with Gasteiger partial charge in [-0.15, -0.1) is 10.2 Å². The van der Waals surface area contributed by atoms with Gasteiger partial charge in [0.1, 0.15) is 11.6 Å². The van der Waals surface area contributed by atoms with E-state index >= 15 is 0 Å². The fourth-order valence-corrected chi connectivity index (χ4v) is 3.07. The van der Waals surface area contributed by atoms with Gasteiger partial charge in [-0.3, -0.25) is 4.79 Å². The minimum absolute atomic E-state index is 0.00794. The van der Waals surface area contributed by atoms with E-state index in [1.807, 2.05) is 0 Å². The predicted molar refractivity (Wildman–Crippen MR) is 111 cm³/mol. The van der Waals surface area contributed by atoms with Gasteiger partial charge in [-0.2, -0.15) is 0 Å². The van der Waals surface area contributed by atoms with Gasteiger partial charge in [0, 0.05) is 0 Å². The lowest BCUT2D eigenvalue weighted by Gasteiger charge is -2.10. The van der Waals surface area contributed by atoms with Crippen molar-refractivity contribution in [1.29, 1.82) is 0 Å². The summed E-state index contributed by atoms with van der Waals surface area (Å²) >= 11 is 1.05.